The third-order valence-corrected chi connectivity index (χ3v) is 10.7. The lowest BCUT2D eigenvalue weighted by molar-refractivity contribution is -0.117. The Balaban J connectivity index is 1.50. The van der Waals surface area contributed by atoms with Crippen molar-refractivity contribution in [3.05, 3.63) is 91.4 Å². The minimum absolute atomic E-state index is 0.0880. The molecule has 15 heteroatoms. The fourth-order valence-electron chi connectivity index (χ4n) is 6.01. The Kier molecular flexibility index (Phi) is 11.7. The van der Waals surface area contributed by atoms with E-state index in [0.717, 1.165) is 34.6 Å². The van der Waals surface area contributed by atoms with Gasteiger partial charge in [0.15, 0.2) is 5.69 Å². The first-order valence-electron chi connectivity index (χ1n) is 15.9. The van der Waals surface area contributed by atoms with Gasteiger partial charge in [-0.15, -0.1) is 15.8 Å². The van der Waals surface area contributed by atoms with Crippen LogP contribution < -0.4 is 5.43 Å². The molecule has 2 aliphatic rings. The number of halogens is 3. The lowest BCUT2D eigenvalue weighted by Crippen LogP contribution is -2.53. The molecule has 2 aliphatic heterocycles. The molecule has 49 heavy (non-hydrogen) atoms. The number of amides is 1. The number of carbonyl (C=O) groups excluding carboxylic acids is 1. The van der Waals surface area contributed by atoms with Crippen molar-refractivity contribution >= 4 is 62.9 Å². The first-order chi connectivity index (χ1) is 23.5. The Morgan fingerprint density at radius 3 is 2.35 bits per heavy atom. The van der Waals surface area contributed by atoms with Crippen LogP contribution in [0.15, 0.2) is 54.6 Å². The Hall–Kier alpha value is -2.96. The summed E-state index contributed by atoms with van der Waals surface area (Å²) in [7, 11) is -3.11. The van der Waals surface area contributed by atoms with E-state index in [1.807, 2.05) is 43.1 Å². The van der Waals surface area contributed by atoms with Crippen molar-refractivity contribution in [1.29, 1.82) is 0 Å². The number of nitrogens with one attached hydrogen (secondary N) is 1. The standard InChI is InChI=1S/C34H35Cl3N6O4S2/c1-22-19-41(20-23(2)47-22)42(49(45)46)21-28-32(34(44)39-40-16-4-3-5-17-40)38-43(30-14-11-26(36)18-29(30)37)33(28)31-15-13-27(48-31)12-8-24-6-9-25(35)10-7-24/h6-7,9-11,13-15,18,22-23,49H,3-5,16-17,19-21H2,1-2H3,(H,39,44). The maximum absolute atomic E-state index is 14.1. The van der Waals surface area contributed by atoms with Crippen LogP contribution in [0.2, 0.25) is 15.1 Å². The number of piperidine rings is 1. The number of rotatable bonds is 8. The molecule has 6 rings (SSSR count). The summed E-state index contributed by atoms with van der Waals surface area (Å²) >= 11 is 20.5. The summed E-state index contributed by atoms with van der Waals surface area (Å²) in [6, 6.07) is 16.1. The van der Waals surface area contributed by atoms with Crippen LogP contribution in [0.4, 0.5) is 0 Å². The lowest BCUT2D eigenvalue weighted by atomic mass is 10.1. The number of benzene rings is 2. The van der Waals surface area contributed by atoms with Gasteiger partial charge in [-0.05, 0) is 81.3 Å². The van der Waals surface area contributed by atoms with Crippen LogP contribution in [0.1, 0.15) is 59.6 Å². The van der Waals surface area contributed by atoms with Crippen molar-refractivity contribution in [1.82, 2.24) is 29.6 Å². The number of aromatic nitrogens is 2. The first-order valence-corrected chi connectivity index (χ1v) is 19.0. The third kappa shape index (κ3) is 8.68. The Bertz CT molecular complexity index is 1950. The predicted octanol–water partition coefficient (Wildman–Crippen LogP) is 6.44. The number of carbonyl (C=O) groups is 1. The van der Waals surface area contributed by atoms with E-state index in [1.54, 1.807) is 40.0 Å². The highest BCUT2D eigenvalue weighted by atomic mass is 35.5. The van der Waals surface area contributed by atoms with Crippen LogP contribution in [-0.4, -0.2) is 76.9 Å². The summed E-state index contributed by atoms with van der Waals surface area (Å²) in [6.07, 6.45) is 2.61. The highest BCUT2D eigenvalue weighted by Gasteiger charge is 2.33. The predicted molar refractivity (Wildman–Crippen MR) is 195 cm³/mol. The number of hydrogen-bond acceptors (Lipinski definition) is 8. The van der Waals surface area contributed by atoms with E-state index < -0.39 is 16.8 Å². The minimum Gasteiger partial charge on any atom is -0.373 e. The fraction of sp³-hybridized carbons (Fsp3) is 0.353. The van der Waals surface area contributed by atoms with Gasteiger partial charge in [0, 0.05) is 47.4 Å². The van der Waals surface area contributed by atoms with Crippen LogP contribution >= 0.6 is 46.1 Å². The highest BCUT2D eigenvalue weighted by Crippen LogP contribution is 2.37. The summed E-state index contributed by atoms with van der Waals surface area (Å²) in [5, 5.41) is 9.87. The van der Waals surface area contributed by atoms with Crippen molar-refractivity contribution in [3.63, 3.8) is 0 Å². The second kappa shape index (κ2) is 15.9. The first kappa shape index (κ1) is 35.9. The molecule has 1 amide bonds. The summed E-state index contributed by atoms with van der Waals surface area (Å²) in [5.41, 5.74) is 5.34. The molecule has 10 nitrogen and oxygen atoms in total. The molecule has 0 radical (unpaired) electrons. The van der Waals surface area contributed by atoms with Crippen molar-refractivity contribution < 1.29 is 17.9 Å². The van der Waals surface area contributed by atoms with E-state index in [0.29, 0.717) is 58.2 Å². The molecule has 0 bridgehead atoms. The number of thiol groups is 1. The van der Waals surface area contributed by atoms with Gasteiger partial charge in [0.2, 0.25) is 10.9 Å². The van der Waals surface area contributed by atoms with Crippen LogP contribution in [0.25, 0.3) is 16.3 Å². The molecule has 4 heterocycles. The molecule has 0 spiro atoms. The van der Waals surface area contributed by atoms with Crippen molar-refractivity contribution in [3.8, 4) is 28.1 Å². The summed E-state index contributed by atoms with van der Waals surface area (Å²) in [6.45, 7) is 5.80. The molecular weight excluding hydrogens is 727 g/mol. The van der Waals surface area contributed by atoms with Crippen LogP contribution in [-0.2, 0) is 22.2 Å². The van der Waals surface area contributed by atoms with Gasteiger partial charge in [0.05, 0.1) is 44.9 Å². The molecule has 0 saturated carbocycles. The quantitative estimate of drug-likeness (QED) is 0.158. The zero-order valence-electron chi connectivity index (χ0n) is 26.9. The second-order valence-corrected chi connectivity index (χ2v) is 15.3. The molecule has 2 atom stereocenters. The van der Waals surface area contributed by atoms with Gasteiger partial charge in [0.1, 0.15) is 0 Å². The maximum Gasteiger partial charge on any atom is 0.286 e. The van der Waals surface area contributed by atoms with E-state index in [1.165, 1.54) is 15.8 Å². The molecular formula is C34H35Cl3N6O4S2. The van der Waals surface area contributed by atoms with Gasteiger partial charge < -0.3 is 4.74 Å². The highest BCUT2D eigenvalue weighted by molar-refractivity contribution is 7.69. The lowest BCUT2D eigenvalue weighted by Gasteiger charge is -2.39. The van der Waals surface area contributed by atoms with Gasteiger partial charge in [-0.1, -0.05) is 53.1 Å². The van der Waals surface area contributed by atoms with Gasteiger partial charge in [-0.25, -0.2) is 23.1 Å². The normalized spacial score (nSPS) is 18.8. The van der Waals surface area contributed by atoms with E-state index in [9.17, 15) is 13.2 Å². The van der Waals surface area contributed by atoms with E-state index in [-0.39, 0.29) is 24.4 Å². The Labute approximate surface area is 306 Å². The monoisotopic (exact) mass is 760 g/mol. The zero-order valence-corrected chi connectivity index (χ0v) is 30.8. The van der Waals surface area contributed by atoms with Gasteiger partial charge in [0.25, 0.3) is 5.91 Å². The number of hydrazine groups is 2. The van der Waals surface area contributed by atoms with Crippen molar-refractivity contribution in [2.75, 3.05) is 26.2 Å². The number of thiophene rings is 1. The van der Waals surface area contributed by atoms with Gasteiger partial charge in [-0.3, -0.25) is 10.2 Å². The molecule has 2 aromatic carbocycles. The molecule has 2 saturated heterocycles. The molecule has 1 N–H and O–H groups in total. The summed E-state index contributed by atoms with van der Waals surface area (Å²) in [5.74, 6) is 5.93. The largest absolute Gasteiger partial charge is 0.373 e. The molecule has 2 aromatic heterocycles. The zero-order chi connectivity index (χ0) is 34.7. The summed E-state index contributed by atoms with van der Waals surface area (Å²) in [4.78, 5) is 15.6. The summed E-state index contributed by atoms with van der Waals surface area (Å²) < 4.78 is 34.7. The van der Waals surface area contributed by atoms with E-state index in [2.05, 4.69) is 17.3 Å². The number of morpholine rings is 1. The van der Waals surface area contributed by atoms with Crippen LogP contribution in [0.3, 0.4) is 0 Å². The van der Waals surface area contributed by atoms with E-state index >= 15 is 0 Å². The van der Waals surface area contributed by atoms with Crippen LogP contribution in [0.5, 0.6) is 0 Å². The Morgan fingerprint density at radius 2 is 1.67 bits per heavy atom. The van der Waals surface area contributed by atoms with Gasteiger partial charge >= 0.3 is 0 Å². The molecule has 4 aromatic rings. The minimum atomic E-state index is -3.11. The Morgan fingerprint density at radius 1 is 0.980 bits per heavy atom. The van der Waals surface area contributed by atoms with Crippen LogP contribution in [0, 0.1) is 11.8 Å². The van der Waals surface area contributed by atoms with Crippen molar-refractivity contribution in [2.24, 2.45) is 0 Å². The fourth-order valence-corrected chi connectivity index (χ4v) is 8.15. The topological polar surface area (TPSA) is 100 Å². The number of hydrogen-bond donors (Lipinski definition) is 2. The van der Waals surface area contributed by atoms with Gasteiger partial charge in [-0.2, -0.15) is 5.10 Å². The third-order valence-electron chi connectivity index (χ3n) is 8.18. The molecule has 0 aliphatic carbocycles. The number of ether oxygens (including phenoxy) is 1. The second-order valence-electron chi connectivity index (χ2n) is 12.0. The molecule has 258 valence electrons. The maximum atomic E-state index is 14.1. The molecule has 2 unspecified atom stereocenters. The number of nitrogens with zero attached hydrogens (tertiary/aromatic N) is 5. The SMILES string of the molecule is CC1CN(N(Cc2c(C(=O)NN3CCCCC3)nn(-c3ccc(Cl)cc3Cl)c2-c2ccc(C#Cc3ccc(Cl)cc3)s2)[SH](=O)=O)CC(C)O1. The molecule has 2 fully saturated rings. The average Bonchev–Trinajstić information content (AvgIpc) is 3.68. The van der Waals surface area contributed by atoms with Crippen molar-refractivity contribution in [2.45, 2.75) is 51.9 Å². The van der Waals surface area contributed by atoms with E-state index in [4.69, 9.17) is 44.6 Å². The smallest absolute Gasteiger partial charge is 0.286 e. The average molecular weight is 762 g/mol.